The molecule has 2 aromatic heterocycles. The van der Waals surface area contributed by atoms with E-state index in [4.69, 9.17) is 0 Å². The maximum Gasteiger partial charge on any atom is 0.141 e. The Morgan fingerprint density at radius 1 is 1.41 bits per heavy atom. The van der Waals surface area contributed by atoms with E-state index >= 15 is 0 Å². The van der Waals surface area contributed by atoms with E-state index in [1.165, 1.54) is 12.3 Å². The third kappa shape index (κ3) is 2.88. The normalized spacial score (nSPS) is 12.6. The average Bonchev–Trinajstić information content (AvgIpc) is 2.74. The van der Waals surface area contributed by atoms with Crippen LogP contribution in [0.4, 0.5) is 4.39 Å². The van der Waals surface area contributed by atoms with Crippen molar-refractivity contribution in [3.8, 4) is 0 Å². The molecular weight excluding hydrogens is 219 g/mol. The van der Waals surface area contributed by atoms with Crippen molar-refractivity contribution < 1.29 is 4.39 Å². The molecule has 0 aliphatic rings. The fourth-order valence-corrected chi connectivity index (χ4v) is 1.65. The van der Waals surface area contributed by atoms with Gasteiger partial charge in [0.15, 0.2) is 0 Å². The second kappa shape index (κ2) is 5.05. The van der Waals surface area contributed by atoms with Crippen LogP contribution in [0.5, 0.6) is 0 Å². The van der Waals surface area contributed by atoms with Crippen LogP contribution in [0.2, 0.25) is 0 Å². The number of nitrogens with one attached hydrogen (secondary N) is 1. The van der Waals surface area contributed by atoms with Crippen molar-refractivity contribution in [1.82, 2.24) is 19.9 Å². The largest absolute Gasteiger partial charge is 0.337 e. The zero-order chi connectivity index (χ0) is 12.3. The summed E-state index contributed by atoms with van der Waals surface area (Å²) in [6.07, 6.45) is 4.90. The molecule has 0 aliphatic carbocycles. The van der Waals surface area contributed by atoms with Gasteiger partial charge in [0.2, 0.25) is 0 Å². The van der Waals surface area contributed by atoms with Gasteiger partial charge in [0.25, 0.3) is 0 Å². The minimum absolute atomic E-state index is 0.127. The first-order valence-corrected chi connectivity index (χ1v) is 5.48. The van der Waals surface area contributed by atoms with Gasteiger partial charge < -0.3 is 9.88 Å². The molecule has 0 amide bonds. The van der Waals surface area contributed by atoms with Crippen molar-refractivity contribution in [2.24, 2.45) is 7.05 Å². The van der Waals surface area contributed by atoms with Crippen molar-refractivity contribution in [3.05, 3.63) is 48.1 Å². The predicted molar refractivity (Wildman–Crippen MR) is 62.7 cm³/mol. The summed E-state index contributed by atoms with van der Waals surface area (Å²) in [4.78, 5) is 8.25. The molecule has 0 spiro atoms. The van der Waals surface area contributed by atoms with Gasteiger partial charge in [0, 0.05) is 26.0 Å². The lowest BCUT2D eigenvalue weighted by Gasteiger charge is -2.13. The number of halogens is 1. The monoisotopic (exact) mass is 234 g/mol. The highest BCUT2D eigenvalue weighted by Crippen LogP contribution is 2.09. The molecule has 17 heavy (non-hydrogen) atoms. The first-order chi connectivity index (χ1) is 8.16. The van der Waals surface area contributed by atoms with Crippen LogP contribution in [0.1, 0.15) is 24.5 Å². The van der Waals surface area contributed by atoms with Crippen molar-refractivity contribution in [2.75, 3.05) is 0 Å². The highest BCUT2D eigenvalue weighted by Gasteiger charge is 2.09. The summed E-state index contributed by atoms with van der Waals surface area (Å²) in [6, 6.07) is 3.21. The van der Waals surface area contributed by atoms with E-state index < -0.39 is 0 Å². The molecule has 1 atom stereocenters. The molecule has 4 nitrogen and oxygen atoms in total. The number of rotatable bonds is 4. The quantitative estimate of drug-likeness (QED) is 0.877. The first kappa shape index (κ1) is 11.7. The Bertz CT molecular complexity index is 478. The number of aryl methyl sites for hydroxylation is 1. The fraction of sp³-hybridized carbons (Fsp3) is 0.333. The molecule has 0 bridgehead atoms. The molecule has 1 unspecified atom stereocenters. The average molecular weight is 234 g/mol. The molecule has 0 radical (unpaired) electrons. The van der Waals surface area contributed by atoms with Crippen LogP contribution in [0.25, 0.3) is 0 Å². The van der Waals surface area contributed by atoms with Crippen LogP contribution in [0, 0.1) is 5.82 Å². The molecule has 0 saturated carbocycles. The Kier molecular flexibility index (Phi) is 3.49. The third-order valence-corrected chi connectivity index (χ3v) is 2.62. The Labute approximate surface area is 99.5 Å². The van der Waals surface area contributed by atoms with Gasteiger partial charge in [-0.1, -0.05) is 0 Å². The van der Waals surface area contributed by atoms with E-state index in [0.29, 0.717) is 6.54 Å². The number of hydrogen-bond acceptors (Lipinski definition) is 3. The lowest BCUT2D eigenvalue weighted by Crippen LogP contribution is -2.21. The van der Waals surface area contributed by atoms with E-state index in [1.54, 1.807) is 12.3 Å². The first-order valence-electron chi connectivity index (χ1n) is 5.48. The zero-order valence-corrected chi connectivity index (χ0v) is 9.89. The number of nitrogens with zero attached hydrogens (tertiary/aromatic N) is 3. The summed E-state index contributed by atoms with van der Waals surface area (Å²) in [5, 5.41) is 3.29. The second-order valence-electron chi connectivity index (χ2n) is 3.97. The Balaban J connectivity index is 1.94. The molecule has 2 heterocycles. The van der Waals surface area contributed by atoms with Crippen molar-refractivity contribution in [2.45, 2.75) is 19.5 Å². The van der Waals surface area contributed by atoms with Crippen LogP contribution in [-0.4, -0.2) is 14.5 Å². The van der Waals surface area contributed by atoms with Crippen molar-refractivity contribution in [3.63, 3.8) is 0 Å². The standard InChI is InChI=1S/C12H15FN4/c1-9(12-14-5-6-17(12)2)15-8-11-4-3-10(13)7-16-11/h3-7,9,15H,8H2,1-2H3. The summed E-state index contributed by atoms with van der Waals surface area (Å²) < 4.78 is 14.6. The van der Waals surface area contributed by atoms with Crippen LogP contribution in [-0.2, 0) is 13.6 Å². The molecule has 2 aromatic rings. The van der Waals surface area contributed by atoms with E-state index in [0.717, 1.165) is 11.5 Å². The fourth-order valence-electron chi connectivity index (χ4n) is 1.65. The predicted octanol–water partition coefficient (Wildman–Crippen LogP) is 1.80. The number of aromatic nitrogens is 3. The lowest BCUT2D eigenvalue weighted by atomic mass is 10.3. The molecule has 90 valence electrons. The van der Waals surface area contributed by atoms with Crippen molar-refractivity contribution in [1.29, 1.82) is 0 Å². The third-order valence-electron chi connectivity index (χ3n) is 2.62. The van der Waals surface area contributed by atoms with Gasteiger partial charge in [-0.05, 0) is 19.1 Å². The molecule has 0 aromatic carbocycles. The summed E-state index contributed by atoms with van der Waals surface area (Å²) in [5.74, 6) is 0.651. The highest BCUT2D eigenvalue weighted by molar-refractivity contribution is 5.06. The number of hydrogen-bond donors (Lipinski definition) is 1. The van der Waals surface area contributed by atoms with Crippen LogP contribution < -0.4 is 5.32 Å². The van der Waals surface area contributed by atoms with Gasteiger partial charge in [-0.25, -0.2) is 9.37 Å². The summed E-state index contributed by atoms with van der Waals surface area (Å²) >= 11 is 0. The Morgan fingerprint density at radius 2 is 2.24 bits per heavy atom. The Hall–Kier alpha value is -1.75. The minimum atomic E-state index is -0.314. The van der Waals surface area contributed by atoms with E-state index in [2.05, 4.69) is 15.3 Å². The molecule has 5 heteroatoms. The Morgan fingerprint density at radius 3 is 2.82 bits per heavy atom. The SMILES string of the molecule is CC(NCc1ccc(F)cn1)c1nccn1C. The minimum Gasteiger partial charge on any atom is -0.337 e. The number of imidazole rings is 1. The van der Waals surface area contributed by atoms with E-state index in [9.17, 15) is 4.39 Å². The topological polar surface area (TPSA) is 42.7 Å². The maximum atomic E-state index is 12.7. The van der Waals surface area contributed by atoms with Gasteiger partial charge in [0.05, 0.1) is 17.9 Å². The maximum absolute atomic E-state index is 12.7. The molecule has 1 N–H and O–H groups in total. The van der Waals surface area contributed by atoms with Gasteiger partial charge >= 0.3 is 0 Å². The summed E-state index contributed by atoms with van der Waals surface area (Å²) in [5.41, 5.74) is 0.812. The summed E-state index contributed by atoms with van der Waals surface area (Å²) in [6.45, 7) is 2.63. The smallest absolute Gasteiger partial charge is 0.141 e. The summed E-state index contributed by atoms with van der Waals surface area (Å²) in [7, 11) is 1.96. The number of pyridine rings is 1. The van der Waals surface area contributed by atoms with Crippen LogP contribution in [0.15, 0.2) is 30.7 Å². The van der Waals surface area contributed by atoms with Gasteiger partial charge in [-0.2, -0.15) is 0 Å². The van der Waals surface area contributed by atoms with E-state index in [1.807, 2.05) is 24.7 Å². The molecule has 0 fully saturated rings. The van der Waals surface area contributed by atoms with Crippen LogP contribution in [0.3, 0.4) is 0 Å². The van der Waals surface area contributed by atoms with Gasteiger partial charge in [-0.15, -0.1) is 0 Å². The molecule has 0 aliphatic heterocycles. The van der Waals surface area contributed by atoms with Crippen molar-refractivity contribution >= 4 is 0 Å². The highest BCUT2D eigenvalue weighted by atomic mass is 19.1. The molecule has 0 saturated heterocycles. The molecular formula is C12H15FN4. The van der Waals surface area contributed by atoms with E-state index in [-0.39, 0.29) is 11.9 Å². The van der Waals surface area contributed by atoms with Gasteiger partial charge in [-0.3, -0.25) is 4.98 Å². The zero-order valence-electron chi connectivity index (χ0n) is 9.89. The molecule has 2 rings (SSSR count). The van der Waals surface area contributed by atoms with Gasteiger partial charge in [0.1, 0.15) is 11.6 Å². The second-order valence-corrected chi connectivity index (χ2v) is 3.97. The lowest BCUT2D eigenvalue weighted by molar-refractivity contribution is 0.523. The van der Waals surface area contributed by atoms with Crippen LogP contribution >= 0.6 is 0 Å².